The smallest absolute Gasteiger partial charge is 0.251 e. The number of benzene rings is 2. The van der Waals surface area contributed by atoms with Gasteiger partial charge in [-0.05, 0) is 73.6 Å². The van der Waals surface area contributed by atoms with Gasteiger partial charge in [0.1, 0.15) is 11.6 Å². The van der Waals surface area contributed by atoms with Crippen LogP contribution in [0.4, 0.5) is 0 Å². The number of aryl methyl sites for hydroxylation is 2. The van der Waals surface area contributed by atoms with Gasteiger partial charge in [0.15, 0.2) is 0 Å². The first-order valence-corrected chi connectivity index (χ1v) is 13.0. The lowest BCUT2D eigenvalue weighted by Crippen LogP contribution is -2.25. The van der Waals surface area contributed by atoms with E-state index in [1.165, 1.54) is 5.56 Å². The Kier molecular flexibility index (Phi) is 9.09. The number of hydrogen-bond acceptors (Lipinski definition) is 4. The fraction of sp³-hybridized carbons (Fsp3) is 0.367. The lowest BCUT2D eigenvalue weighted by molar-refractivity contribution is 0.0953. The van der Waals surface area contributed by atoms with Gasteiger partial charge in [0.25, 0.3) is 5.91 Å². The fourth-order valence-corrected chi connectivity index (χ4v) is 4.31. The third kappa shape index (κ3) is 6.72. The van der Waals surface area contributed by atoms with E-state index in [4.69, 9.17) is 9.72 Å². The second-order valence-electron chi connectivity index (χ2n) is 9.20. The minimum atomic E-state index is -0.0691. The van der Waals surface area contributed by atoms with E-state index in [1.54, 1.807) is 24.5 Å². The summed E-state index contributed by atoms with van der Waals surface area (Å²) >= 11 is 0. The third-order valence-corrected chi connectivity index (χ3v) is 6.65. The Morgan fingerprint density at radius 1 is 1.00 bits per heavy atom. The van der Waals surface area contributed by atoms with E-state index in [0.717, 1.165) is 61.3 Å². The third-order valence-electron chi connectivity index (χ3n) is 6.65. The van der Waals surface area contributed by atoms with Crippen molar-refractivity contribution >= 4 is 16.9 Å². The Bertz CT molecular complexity index is 1240. The summed E-state index contributed by atoms with van der Waals surface area (Å²) in [5.74, 6) is 2.51. The van der Waals surface area contributed by atoms with Crippen LogP contribution in [0, 0.1) is 0 Å². The molecule has 6 nitrogen and oxygen atoms in total. The molecule has 0 spiro atoms. The van der Waals surface area contributed by atoms with Gasteiger partial charge in [0.05, 0.1) is 17.6 Å². The summed E-state index contributed by atoms with van der Waals surface area (Å²) in [5.41, 5.74) is 4.17. The molecule has 36 heavy (non-hydrogen) atoms. The van der Waals surface area contributed by atoms with Crippen LogP contribution in [-0.2, 0) is 13.0 Å². The highest BCUT2D eigenvalue weighted by atomic mass is 16.5. The first-order valence-electron chi connectivity index (χ1n) is 13.0. The van der Waals surface area contributed by atoms with Crippen LogP contribution in [0.15, 0.2) is 73.1 Å². The molecule has 0 saturated carbocycles. The van der Waals surface area contributed by atoms with Crippen LogP contribution in [0.25, 0.3) is 11.0 Å². The molecule has 4 aromatic rings. The molecule has 0 aliphatic carbocycles. The Balaban J connectivity index is 1.26. The first-order chi connectivity index (χ1) is 17.7. The molecule has 2 heterocycles. The average molecular weight is 485 g/mol. The molecule has 0 aliphatic heterocycles. The van der Waals surface area contributed by atoms with Crippen molar-refractivity contribution in [2.75, 3.05) is 13.2 Å². The summed E-state index contributed by atoms with van der Waals surface area (Å²) in [7, 11) is 0. The number of carbonyl (C=O) groups excluding carboxylic acids is 1. The lowest BCUT2D eigenvalue weighted by atomic mass is 9.99. The van der Waals surface area contributed by atoms with E-state index in [2.05, 4.69) is 71.2 Å². The van der Waals surface area contributed by atoms with Crippen molar-refractivity contribution in [1.82, 2.24) is 19.9 Å². The summed E-state index contributed by atoms with van der Waals surface area (Å²) in [6.07, 6.45) is 8.03. The van der Waals surface area contributed by atoms with Crippen molar-refractivity contribution in [2.24, 2.45) is 0 Å². The number of aromatic nitrogens is 3. The number of nitrogens with zero attached hydrogens (tertiary/aromatic N) is 3. The maximum absolute atomic E-state index is 12.3. The highest BCUT2D eigenvalue weighted by Gasteiger charge is 2.11. The lowest BCUT2D eigenvalue weighted by Gasteiger charge is -2.12. The number of imidazole rings is 1. The van der Waals surface area contributed by atoms with Gasteiger partial charge in [-0.3, -0.25) is 9.78 Å². The summed E-state index contributed by atoms with van der Waals surface area (Å²) in [4.78, 5) is 21.1. The van der Waals surface area contributed by atoms with Crippen LogP contribution in [0.1, 0.15) is 67.2 Å². The standard InChI is InChI=1S/C30H36N4O2/c1-3-23(2)24-12-14-26(15-13-24)36-22-7-6-21-34-28-10-5-4-9-27(28)33-29(34)11-8-18-32-30(35)25-16-19-31-20-17-25/h4-5,9-10,12-17,19-20,23H,3,6-8,11,18,21-22H2,1-2H3,(H,32,35). The van der Waals surface area contributed by atoms with Gasteiger partial charge < -0.3 is 14.6 Å². The van der Waals surface area contributed by atoms with E-state index in [-0.39, 0.29) is 5.91 Å². The summed E-state index contributed by atoms with van der Waals surface area (Å²) in [6, 6.07) is 20.2. The van der Waals surface area contributed by atoms with Gasteiger partial charge in [0.2, 0.25) is 0 Å². The minimum absolute atomic E-state index is 0.0691. The van der Waals surface area contributed by atoms with Gasteiger partial charge in [-0.25, -0.2) is 4.98 Å². The molecule has 2 aromatic carbocycles. The van der Waals surface area contributed by atoms with E-state index in [9.17, 15) is 4.79 Å². The summed E-state index contributed by atoms with van der Waals surface area (Å²) in [6.45, 7) is 6.67. The zero-order valence-electron chi connectivity index (χ0n) is 21.3. The average Bonchev–Trinajstić information content (AvgIpc) is 3.28. The largest absolute Gasteiger partial charge is 0.494 e. The quantitative estimate of drug-likeness (QED) is 0.231. The number of hydrogen-bond donors (Lipinski definition) is 1. The van der Waals surface area contributed by atoms with E-state index in [1.807, 2.05) is 6.07 Å². The molecule has 1 atom stereocenters. The van der Waals surface area contributed by atoms with Crippen molar-refractivity contribution in [2.45, 2.75) is 58.4 Å². The number of unbranched alkanes of at least 4 members (excludes halogenated alkanes) is 1. The van der Waals surface area contributed by atoms with Gasteiger partial charge in [-0.15, -0.1) is 0 Å². The monoisotopic (exact) mass is 484 g/mol. The number of nitrogens with one attached hydrogen (secondary N) is 1. The van der Waals surface area contributed by atoms with Gasteiger partial charge >= 0.3 is 0 Å². The van der Waals surface area contributed by atoms with Crippen LogP contribution < -0.4 is 10.1 Å². The number of fused-ring (bicyclic) bond motifs is 1. The molecule has 1 N–H and O–H groups in total. The van der Waals surface area contributed by atoms with Crippen molar-refractivity contribution in [1.29, 1.82) is 0 Å². The molecule has 1 amide bonds. The summed E-state index contributed by atoms with van der Waals surface area (Å²) < 4.78 is 8.30. The van der Waals surface area contributed by atoms with Crippen LogP contribution in [0.5, 0.6) is 5.75 Å². The highest BCUT2D eigenvalue weighted by molar-refractivity contribution is 5.93. The Morgan fingerprint density at radius 2 is 1.78 bits per heavy atom. The summed E-state index contributed by atoms with van der Waals surface area (Å²) in [5, 5.41) is 2.99. The van der Waals surface area contributed by atoms with E-state index >= 15 is 0 Å². The fourth-order valence-electron chi connectivity index (χ4n) is 4.31. The Labute approximate surface area is 213 Å². The molecule has 4 rings (SSSR count). The molecule has 6 heteroatoms. The number of para-hydroxylation sites is 2. The van der Waals surface area contributed by atoms with Crippen LogP contribution in [0.2, 0.25) is 0 Å². The van der Waals surface area contributed by atoms with Gasteiger partial charge in [-0.2, -0.15) is 0 Å². The van der Waals surface area contributed by atoms with E-state index in [0.29, 0.717) is 24.6 Å². The number of pyridine rings is 1. The normalized spacial score (nSPS) is 11.9. The zero-order valence-corrected chi connectivity index (χ0v) is 21.3. The SMILES string of the molecule is CCC(C)c1ccc(OCCCCn2c(CCCNC(=O)c3ccncc3)nc3ccccc32)cc1. The Morgan fingerprint density at radius 3 is 2.56 bits per heavy atom. The molecular weight excluding hydrogens is 448 g/mol. The molecule has 0 radical (unpaired) electrons. The zero-order chi connectivity index (χ0) is 25.2. The maximum atomic E-state index is 12.3. The first kappa shape index (κ1) is 25.4. The molecule has 188 valence electrons. The predicted molar refractivity (Wildman–Crippen MR) is 145 cm³/mol. The van der Waals surface area contributed by atoms with Gasteiger partial charge in [-0.1, -0.05) is 38.1 Å². The predicted octanol–water partition coefficient (Wildman–Crippen LogP) is 6.17. The highest BCUT2D eigenvalue weighted by Crippen LogP contribution is 2.22. The van der Waals surface area contributed by atoms with Crippen molar-refractivity contribution in [3.63, 3.8) is 0 Å². The topological polar surface area (TPSA) is 69.0 Å². The van der Waals surface area contributed by atoms with Gasteiger partial charge in [0, 0.05) is 37.5 Å². The molecule has 0 saturated heterocycles. The number of rotatable bonds is 13. The number of ether oxygens (including phenoxy) is 1. The van der Waals surface area contributed by atoms with Crippen LogP contribution >= 0.6 is 0 Å². The van der Waals surface area contributed by atoms with Crippen molar-refractivity contribution in [3.05, 3.63) is 90.0 Å². The van der Waals surface area contributed by atoms with Crippen LogP contribution in [-0.4, -0.2) is 33.6 Å². The number of amides is 1. The maximum Gasteiger partial charge on any atom is 0.251 e. The molecule has 0 aliphatic rings. The van der Waals surface area contributed by atoms with E-state index < -0.39 is 0 Å². The van der Waals surface area contributed by atoms with Crippen LogP contribution in [0.3, 0.4) is 0 Å². The van der Waals surface area contributed by atoms with Crippen molar-refractivity contribution < 1.29 is 9.53 Å². The van der Waals surface area contributed by atoms with Crippen molar-refractivity contribution in [3.8, 4) is 5.75 Å². The molecular formula is C30H36N4O2. The second kappa shape index (κ2) is 12.9. The molecule has 0 bridgehead atoms. The second-order valence-corrected chi connectivity index (χ2v) is 9.20. The Hall–Kier alpha value is -3.67. The molecule has 1 unspecified atom stereocenters. The molecule has 2 aromatic heterocycles. The minimum Gasteiger partial charge on any atom is -0.494 e. The molecule has 0 fully saturated rings. The number of carbonyl (C=O) groups is 1.